The van der Waals surface area contributed by atoms with Crippen molar-refractivity contribution in [3.8, 4) is 0 Å². The molecule has 0 saturated heterocycles. The Balaban J connectivity index is 2.21. The molecule has 18 heavy (non-hydrogen) atoms. The molecule has 1 aromatic heterocycles. The highest BCUT2D eigenvalue weighted by Gasteiger charge is 2.11. The van der Waals surface area contributed by atoms with Gasteiger partial charge in [0.2, 0.25) is 0 Å². The second-order valence-electron chi connectivity index (χ2n) is 3.69. The molecule has 0 spiro atoms. The number of halogens is 3. The van der Waals surface area contributed by atoms with Crippen molar-refractivity contribution in [2.75, 3.05) is 0 Å². The van der Waals surface area contributed by atoms with Crippen molar-refractivity contribution in [1.29, 1.82) is 0 Å². The lowest BCUT2D eigenvalue weighted by Gasteiger charge is -2.04. The molecule has 0 aliphatic heterocycles. The van der Waals surface area contributed by atoms with E-state index in [2.05, 4.69) is 4.98 Å². The van der Waals surface area contributed by atoms with E-state index in [9.17, 15) is 4.79 Å². The average molecular weight is 301 g/mol. The van der Waals surface area contributed by atoms with Gasteiger partial charge in [0.15, 0.2) is 5.78 Å². The van der Waals surface area contributed by atoms with Gasteiger partial charge in [-0.1, -0.05) is 53.0 Å². The number of nitrogens with zero attached hydrogens (tertiary/aromatic N) is 1. The number of Topliss-reactive ketones (excluding diaryl/α,β-unsaturated/α-hetero) is 1. The molecule has 2 aromatic rings. The zero-order chi connectivity index (χ0) is 13.1. The quantitative estimate of drug-likeness (QED) is 0.618. The van der Waals surface area contributed by atoms with E-state index in [0.29, 0.717) is 21.3 Å². The molecule has 0 fully saturated rings. The Kier molecular flexibility index (Phi) is 4.23. The number of rotatable bonds is 3. The van der Waals surface area contributed by atoms with E-state index < -0.39 is 0 Å². The van der Waals surface area contributed by atoms with Gasteiger partial charge in [-0.2, -0.15) is 0 Å². The molecule has 2 nitrogen and oxygen atoms in total. The highest BCUT2D eigenvalue weighted by atomic mass is 35.5. The van der Waals surface area contributed by atoms with Gasteiger partial charge in [0, 0.05) is 17.0 Å². The van der Waals surface area contributed by atoms with Crippen molar-refractivity contribution in [2.24, 2.45) is 0 Å². The fourth-order valence-corrected chi connectivity index (χ4v) is 2.11. The highest BCUT2D eigenvalue weighted by Crippen LogP contribution is 2.19. The number of pyridine rings is 1. The standard InChI is InChI=1S/C13H8Cl3NO/c14-10-3-1-2-8(6-10)11(18)7-9-4-5-12(15)17-13(9)16/h1-6H,7H2. The Morgan fingerprint density at radius 3 is 2.56 bits per heavy atom. The third kappa shape index (κ3) is 3.22. The molecular formula is C13H8Cl3NO. The molecule has 0 bridgehead atoms. The summed E-state index contributed by atoms with van der Waals surface area (Å²) < 4.78 is 0. The first kappa shape index (κ1) is 13.3. The minimum atomic E-state index is -0.0662. The lowest BCUT2D eigenvalue weighted by Crippen LogP contribution is -2.04. The lowest BCUT2D eigenvalue weighted by atomic mass is 10.0. The Morgan fingerprint density at radius 1 is 1.11 bits per heavy atom. The molecule has 2 rings (SSSR count). The van der Waals surface area contributed by atoms with Crippen LogP contribution in [0, 0.1) is 0 Å². The van der Waals surface area contributed by atoms with Crippen LogP contribution in [0.15, 0.2) is 36.4 Å². The fraction of sp³-hybridized carbons (Fsp3) is 0.0769. The van der Waals surface area contributed by atoms with Crippen LogP contribution in [-0.4, -0.2) is 10.8 Å². The summed E-state index contributed by atoms with van der Waals surface area (Å²) in [5.74, 6) is -0.0662. The Hall–Kier alpha value is -1.09. The van der Waals surface area contributed by atoms with E-state index in [-0.39, 0.29) is 17.4 Å². The van der Waals surface area contributed by atoms with Gasteiger partial charge in [-0.05, 0) is 23.8 Å². The van der Waals surface area contributed by atoms with Gasteiger partial charge < -0.3 is 0 Å². The van der Waals surface area contributed by atoms with Gasteiger partial charge in [-0.15, -0.1) is 0 Å². The normalized spacial score (nSPS) is 10.4. The molecule has 0 atom stereocenters. The van der Waals surface area contributed by atoms with E-state index in [4.69, 9.17) is 34.8 Å². The Bertz CT molecular complexity index is 599. The molecule has 0 amide bonds. The smallest absolute Gasteiger partial charge is 0.167 e. The predicted octanol–water partition coefficient (Wildman–Crippen LogP) is 4.47. The first-order chi connectivity index (χ1) is 8.56. The molecule has 1 aromatic carbocycles. The van der Waals surface area contributed by atoms with Gasteiger partial charge in [0.05, 0.1) is 0 Å². The van der Waals surface area contributed by atoms with Crippen molar-refractivity contribution in [2.45, 2.75) is 6.42 Å². The van der Waals surface area contributed by atoms with Crippen molar-refractivity contribution < 1.29 is 4.79 Å². The van der Waals surface area contributed by atoms with Crippen molar-refractivity contribution in [3.05, 3.63) is 62.9 Å². The number of hydrogen-bond acceptors (Lipinski definition) is 2. The predicted molar refractivity (Wildman–Crippen MR) is 73.7 cm³/mol. The van der Waals surface area contributed by atoms with Crippen LogP contribution in [0.3, 0.4) is 0 Å². The average Bonchev–Trinajstić information content (AvgIpc) is 2.32. The van der Waals surface area contributed by atoms with Crippen molar-refractivity contribution >= 4 is 40.6 Å². The Labute approximate surface area is 120 Å². The van der Waals surface area contributed by atoms with E-state index in [0.717, 1.165) is 0 Å². The second kappa shape index (κ2) is 5.70. The van der Waals surface area contributed by atoms with Crippen molar-refractivity contribution in [1.82, 2.24) is 4.98 Å². The summed E-state index contributed by atoms with van der Waals surface area (Å²) in [6.45, 7) is 0. The molecule has 5 heteroatoms. The lowest BCUT2D eigenvalue weighted by molar-refractivity contribution is 0.0993. The number of ketones is 1. The van der Waals surface area contributed by atoms with E-state index in [1.807, 2.05) is 0 Å². The number of carbonyl (C=O) groups is 1. The number of aromatic nitrogens is 1. The molecule has 0 N–H and O–H groups in total. The van der Waals surface area contributed by atoms with Crippen LogP contribution >= 0.6 is 34.8 Å². The SMILES string of the molecule is O=C(Cc1ccc(Cl)nc1Cl)c1cccc(Cl)c1. The first-order valence-corrected chi connectivity index (χ1v) is 6.29. The third-order valence-corrected chi connectivity index (χ3v) is 3.16. The van der Waals surface area contributed by atoms with Crippen LogP contribution in [0.2, 0.25) is 15.3 Å². The monoisotopic (exact) mass is 299 g/mol. The Morgan fingerprint density at radius 2 is 1.89 bits per heavy atom. The minimum Gasteiger partial charge on any atom is -0.294 e. The molecule has 92 valence electrons. The summed E-state index contributed by atoms with van der Waals surface area (Å²) in [5.41, 5.74) is 1.19. The zero-order valence-corrected chi connectivity index (χ0v) is 11.4. The van der Waals surface area contributed by atoms with Crippen LogP contribution in [0.4, 0.5) is 0 Å². The summed E-state index contributed by atoms with van der Waals surface area (Å²) in [5, 5.41) is 1.08. The first-order valence-electron chi connectivity index (χ1n) is 5.16. The van der Waals surface area contributed by atoms with Gasteiger partial charge >= 0.3 is 0 Å². The van der Waals surface area contributed by atoms with E-state index in [1.54, 1.807) is 36.4 Å². The number of hydrogen-bond donors (Lipinski definition) is 0. The maximum Gasteiger partial charge on any atom is 0.167 e. The van der Waals surface area contributed by atoms with E-state index >= 15 is 0 Å². The molecule has 0 radical (unpaired) electrons. The largest absolute Gasteiger partial charge is 0.294 e. The van der Waals surface area contributed by atoms with E-state index in [1.165, 1.54) is 0 Å². The molecule has 0 aliphatic carbocycles. The van der Waals surface area contributed by atoms with Crippen LogP contribution < -0.4 is 0 Å². The number of carbonyl (C=O) groups excluding carboxylic acids is 1. The van der Waals surface area contributed by atoms with Gasteiger partial charge in [0.25, 0.3) is 0 Å². The molecule has 0 aliphatic rings. The highest BCUT2D eigenvalue weighted by molar-refractivity contribution is 6.33. The molecule has 0 saturated carbocycles. The maximum atomic E-state index is 12.0. The minimum absolute atomic E-state index is 0.0662. The summed E-state index contributed by atoms with van der Waals surface area (Å²) in [7, 11) is 0. The van der Waals surface area contributed by atoms with Gasteiger partial charge in [-0.25, -0.2) is 4.98 Å². The van der Waals surface area contributed by atoms with Crippen LogP contribution in [-0.2, 0) is 6.42 Å². The van der Waals surface area contributed by atoms with Gasteiger partial charge in [0.1, 0.15) is 10.3 Å². The zero-order valence-electron chi connectivity index (χ0n) is 9.16. The molecule has 0 unspecified atom stereocenters. The summed E-state index contributed by atoms with van der Waals surface area (Å²) >= 11 is 17.4. The molecular weight excluding hydrogens is 293 g/mol. The van der Waals surface area contributed by atoms with Crippen LogP contribution in [0.1, 0.15) is 15.9 Å². The van der Waals surface area contributed by atoms with Crippen LogP contribution in [0.5, 0.6) is 0 Å². The third-order valence-electron chi connectivity index (χ3n) is 2.39. The topological polar surface area (TPSA) is 30.0 Å². The molecule has 1 heterocycles. The summed E-state index contributed by atoms with van der Waals surface area (Å²) in [6.07, 6.45) is 0.170. The second-order valence-corrected chi connectivity index (χ2v) is 4.88. The van der Waals surface area contributed by atoms with Crippen molar-refractivity contribution in [3.63, 3.8) is 0 Å². The van der Waals surface area contributed by atoms with Gasteiger partial charge in [-0.3, -0.25) is 4.79 Å². The number of benzene rings is 1. The maximum absolute atomic E-state index is 12.0. The summed E-state index contributed by atoms with van der Waals surface area (Å²) in [6, 6.07) is 10.1. The van der Waals surface area contributed by atoms with Crippen LogP contribution in [0.25, 0.3) is 0 Å². The summed E-state index contributed by atoms with van der Waals surface area (Å²) in [4.78, 5) is 15.9. The fourth-order valence-electron chi connectivity index (χ4n) is 1.51.